The van der Waals surface area contributed by atoms with Crippen LogP contribution in [0.4, 0.5) is 5.69 Å². The number of benzene rings is 1. The number of thioether (sulfide) groups is 1. The van der Waals surface area contributed by atoms with E-state index in [1.165, 1.54) is 18.1 Å². The molecule has 0 aliphatic rings. The van der Waals surface area contributed by atoms with E-state index in [1.807, 2.05) is 24.3 Å². The quantitative estimate of drug-likeness (QED) is 0.579. The maximum atomic E-state index is 11.8. The van der Waals surface area contributed by atoms with Crippen molar-refractivity contribution in [1.82, 2.24) is 15.2 Å². The van der Waals surface area contributed by atoms with E-state index in [9.17, 15) is 4.79 Å². The molecule has 112 valence electrons. The van der Waals surface area contributed by atoms with Gasteiger partial charge in [-0.1, -0.05) is 25.1 Å². The van der Waals surface area contributed by atoms with Gasteiger partial charge in [0.2, 0.25) is 5.91 Å². The van der Waals surface area contributed by atoms with Crippen LogP contribution >= 0.6 is 11.8 Å². The van der Waals surface area contributed by atoms with Gasteiger partial charge in [-0.3, -0.25) is 9.89 Å². The summed E-state index contributed by atoms with van der Waals surface area (Å²) in [5.74, 6) is 1.01. The summed E-state index contributed by atoms with van der Waals surface area (Å²) in [6.07, 6.45) is 3.56. The molecule has 1 amide bonds. The molecule has 2 rings (SSSR count). The molecular weight excluding hydrogens is 288 g/mol. The zero-order valence-corrected chi connectivity index (χ0v) is 12.7. The van der Waals surface area contributed by atoms with Crippen LogP contribution in [-0.4, -0.2) is 33.4 Å². The molecule has 7 heteroatoms. The largest absolute Gasteiger partial charge is 0.494 e. The number of H-pyrrole nitrogens is 1. The first kappa shape index (κ1) is 15.4. The fraction of sp³-hybridized carbons (Fsp3) is 0.357. The highest BCUT2D eigenvalue weighted by Crippen LogP contribution is 2.17. The Morgan fingerprint density at radius 3 is 2.86 bits per heavy atom. The molecule has 0 saturated heterocycles. The lowest BCUT2D eigenvalue weighted by molar-refractivity contribution is -0.113. The van der Waals surface area contributed by atoms with Crippen molar-refractivity contribution in [2.75, 3.05) is 17.7 Å². The normalized spacial score (nSPS) is 10.3. The Labute approximate surface area is 127 Å². The molecule has 0 atom stereocenters. The van der Waals surface area contributed by atoms with Crippen molar-refractivity contribution in [1.29, 1.82) is 0 Å². The van der Waals surface area contributed by atoms with Gasteiger partial charge in [0, 0.05) is 5.69 Å². The van der Waals surface area contributed by atoms with Crippen molar-refractivity contribution in [3.63, 3.8) is 0 Å². The molecular formula is C14H18N4O2S. The summed E-state index contributed by atoms with van der Waals surface area (Å²) in [7, 11) is 0. The lowest BCUT2D eigenvalue weighted by Crippen LogP contribution is -2.14. The first-order valence-electron chi connectivity index (χ1n) is 6.79. The van der Waals surface area contributed by atoms with Gasteiger partial charge in [-0.15, -0.1) is 0 Å². The molecule has 0 unspecified atom stereocenters. The lowest BCUT2D eigenvalue weighted by atomic mass is 10.3. The van der Waals surface area contributed by atoms with Crippen LogP contribution < -0.4 is 10.1 Å². The Balaban J connectivity index is 1.75. The van der Waals surface area contributed by atoms with E-state index < -0.39 is 0 Å². The number of amides is 1. The summed E-state index contributed by atoms with van der Waals surface area (Å²) < 4.78 is 5.57. The minimum absolute atomic E-state index is 0.0870. The number of ether oxygens (including phenoxy) is 1. The zero-order valence-electron chi connectivity index (χ0n) is 11.8. The van der Waals surface area contributed by atoms with Crippen LogP contribution in [0.3, 0.4) is 0 Å². The van der Waals surface area contributed by atoms with Crippen molar-refractivity contribution < 1.29 is 9.53 Å². The number of nitrogens with zero attached hydrogens (tertiary/aromatic N) is 2. The summed E-state index contributed by atoms with van der Waals surface area (Å²) in [4.78, 5) is 15.7. The van der Waals surface area contributed by atoms with E-state index in [0.717, 1.165) is 30.9 Å². The fourth-order valence-corrected chi connectivity index (χ4v) is 2.14. The van der Waals surface area contributed by atoms with Gasteiger partial charge in [0.1, 0.15) is 12.1 Å². The van der Waals surface area contributed by atoms with Gasteiger partial charge in [0.05, 0.1) is 12.4 Å². The molecule has 0 spiro atoms. The molecule has 0 fully saturated rings. The standard InChI is InChI=1S/C14H18N4O2S/c1-2-3-8-20-12-6-4-11(5-7-12)17-13(19)9-21-14-15-10-16-18-14/h4-7,10H,2-3,8-9H2,1H3,(H,17,19)(H,15,16,18). The Kier molecular flexibility index (Phi) is 6.08. The zero-order chi connectivity index (χ0) is 14.9. The van der Waals surface area contributed by atoms with E-state index in [0.29, 0.717) is 5.16 Å². The molecule has 0 bridgehead atoms. The third-order valence-corrected chi connectivity index (χ3v) is 3.51. The monoisotopic (exact) mass is 306 g/mol. The second-order valence-electron chi connectivity index (χ2n) is 4.35. The summed E-state index contributed by atoms with van der Waals surface area (Å²) in [6.45, 7) is 2.84. The molecule has 1 aromatic heterocycles. The van der Waals surface area contributed by atoms with Crippen molar-refractivity contribution in [2.45, 2.75) is 24.9 Å². The molecule has 2 N–H and O–H groups in total. The Morgan fingerprint density at radius 2 is 2.19 bits per heavy atom. The van der Waals surface area contributed by atoms with Crippen LogP contribution in [0, 0.1) is 0 Å². The van der Waals surface area contributed by atoms with Crippen LogP contribution in [0.25, 0.3) is 0 Å². The van der Waals surface area contributed by atoms with E-state index in [1.54, 1.807) is 0 Å². The van der Waals surface area contributed by atoms with Gasteiger partial charge in [0.15, 0.2) is 5.16 Å². The first-order valence-corrected chi connectivity index (χ1v) is 7.77. The van der Waals surface area contributed by atoms with Gasteiger partial charge in [-0.2, -0.15) is 5.10 Å². The molecule has 0 aliphatic carbocycles. The minimum Gasteiger partial charge on any atom is -0.494 e. The Morgan fingerprint density at radius 1 is 1.38 bits per heavy atom. The van der Waals surface area contributed by atoms with Crippen LogP contribution in [0.5, 0.6) is 5.75 Å². The maximum Gasteiger partial charge on any atom is 0.234 e. The van der Waals surface area contributed by atoms with Crippen LogP contribution in [-0.2, 0) is 4.79 Å². The molecule has 6 nitrogen and oxygen atoms in total. The van der Waals surface area contributed by atoms with E-state index in [2.05, 4.69) is 27.4 Å². The smallest absolute Gasteiger partial charge is 0.234 e. The number of unbranched alkanes of at least 4 members (excludes halogenated alkanes) is 1. The molecule has 21 heavy (non-hydrogen) atoms. The number of hydrogen-bond acceptors (Lipinski definition) is 5. The topological polar surface area (TPSA) is 79.9 Å². The predicted molar refractivity (Wildman–Crippen MR) is 82.6 cm³/mol. The van der Waals surface area contributed by atoms with Crippen molar-refractivity contribution in [3.05, 3.63) is 30.6 Å². The summed E-state index contributed by atoms with van der Waals surface area (Å²) in [5, 5.41) is 9.87. The average molecular weight is 306 g/mol. The molecule has 0 saturated carbocycles. The molecule has 1 aromatic carbocycles. The van der Waals surface area contributed by atoms with Crippen molar-refractivity contribution in [3.8, 4) is 5.75 Å². The van der Waals surface area contributed by atoms with Gasteiger partial charge in [-0.05, 0) is 30.7 Å². The number of aromatic amines is 1. The number of carbonyl (C=O) groups excluding carboxylic acids is 1. The highest BCUT2D eigenvalue weighted by molar-refractivity contribution is 7.99. The van der Waals surface area contributed by atoms with E-state index in [-0.39, 0.29) is 11.7 Å². The second kappa shape index (κ2) is 8.31. The third kappa shape index (κ3) is 5.47. The Hall–Kier alpha value is -2.02. The molecule has 2 aromatic rings. The third-order valence-electron chi connectivity index (χ3n) is 2.64. The van der Waals surface area contributed by atoms with Crippen LogP contribution in [0.1, 0.15) is 19.8 Å². The molecule has 0 radical (unpaired) electrons. The van der Waals surface area contributed by atoms with Gasteiger partial charge < -0.3 is 10.1 Å². The number of aromatic nitrogens is 3. The number of anilines is 1. The number of hydrogen-bond donors (Lipinski definition) is 2. The maximum absolute atomic E-state index is 11.8. The summed E-state index contributed by atoms with van der Waals surface area (Å²) in [5.41, 5.74) is 0.751. The summed E-state index contributed by atoms with van der Waals surface area (Å²) >= 11 is 1.31. The minimum atomic E-state index is -0.0870. The number of nitrogens with one attached hydrogen (secondary N) is 2. The first-order chi connectivity index (χ1) is 10.3. The van der Waals surface area contributed by atoms with Crippen molar-refractivity contribution >= 4 is 23.4 Å². The molecule has 0 aliphatic heterocycles. The number of carbonyl (C=O) groups is 1. The highest BCUT2D eigenvalue weighted by Gasteiger charge is 2.05. The van der Waals surface area contributed by atoms with Gasteiger partial charge in [-0.25, -0.2) is 4.98 Å². The van der Waals surface area contributed by atoms with E-state index in [4.69, 9.17) is 4.74 Å². The average Bonchev–Trinajstić information content (AvgIpc) is 3.01. The van der Waals surface area contributed by atoms with Gasteiger partial charge in [0.25, 0.3) is 0 Å². The number of rotatable bonds is 8. The van der Waals surface area contributed by atoms with Gasteiger partial charge >= 0.3 is 0 Å². The fourth-order valence-electron chi connectivity index (χ4n) is 1.56. The predicted octanol–water partition coefficient (Wildman–Crippen LogP) is 2.71. The molecule has 1 heterocycles. The lowest BCUT2D eigenvalue weighted by Gasteiger charge is -2.07. The summed E-state index contributed by atoms with van der Waals surface area (Å²) in [6, 6.07) is 7.38. The highest BCUT2D eigenvalue weighted by atomic mass is 32.2. The van der Waals surface area contributed by atoms with Crippen LogP contribution in [0.2, 0.25) is 0 Å². The SMILES string of the molecule is CCCCOc1ccc(NC(=O)CSc2ncn[nH]2)cc1. The Bertz CT molecular complexity index is 543. The van der Waals surface area contributed by atoms with E-state index >= 15 is 0 Å². The van der Waals surface area contributed by atoms with Crippen molar-refractivity contribution in [2.24, 2.45) is 0 Å². The second-order valence-corrected chi connectivity index (χ2v) is 5.32. The van der Waals surface area contributed by atoms with Crippen LogP contribution in [0.15, 0.2) is 35.7 Å².